The molecule has 2 aromatic rings. The van der Waals surface area contributed by atoms with E-state index in [-0.39, 0.29) is 18.0 Å². The van der Waals surface area contributed by atoms with E-state index in [4.69, 9.17) is 4.74 Å². The summed E-state index contributed by atoms with van der Waals surface area (Å²) in [5.74, 6) is -1.10. The Balaban J connectivity index is 2.40. The van der Waals surface area contributed by atoms with Crippen molar-refractivity contribution in [2.45, 2.75) is 13.3 Å². The van der Waals surface area contributed by atoms with Crippen LogP contribution in [-0.4, -0.2) is 23.9 Å². The average molecular weight is 293 g/mol. The van der Waals surface area contributed by atoms with Crippen LogP contribution in [0.25, 0.3) is 10.8 Å². The largest absolute Gasteiger partial charge is 0.461 e. The SMILES string of the molecule is CCOC(=O)C(F)Oc1ccc([N+](=O)[O-])c2ccccc12. The van der Waals surface area contributed by atoms with Crippen molar-refractivity contribution in [2.75, 3.05) is 6.61 Å². The standard InChI is InChI=1S/C14H12FNO5/c1-2-20-14(17)13(15)21-12-8-7-11(16(18)19)9-5-3-4-6-10(9)12/h3-8,13H,2H2,1H3. The molecule has 6 nitrogen and oxygen atoms in total. The molecule has 0 fully saturated rings. The molecule has 0 amide bonds. The van der Waals surface area contributed by atoms with Crippen LogP contribution in [0.2, 0.25) is 0 Å². The van der Waals surface area contributed by atoms with Gasteiger partial charge in [-0.25, -0.2) is 4.79 Å². The summed E-state index contributed by atoms with van der Waals surface area (Å²) in [6.45, 7) is 1.58. The van der Waals surface area contributed by atoms with Crippen molar-refractivity contribution >= 4 is 22.4 Å². The van der Waals surface area contributed by atoms with Crippen LogP contribution in [0.4, 0.5) is 10.1 Å². The third kappa shape index (κ3) is 3.07. The molecular formula is C14H12FNO5. The lowest BCUT2D eigenvalue weighted by Gasteiger charge is -2.12. The minimum Gasteiger partial charge on any atom is -0.461 e. The average Bonchev–Trinajstić information content (AvgIpc) is 2.47. The van der Waals surface area contributed by atoms with Crippen LogP contribution in [0, 0.1) is 10.1 Å². The summed E-state index contributed by atoms with van der Waals surface area (Å²) in [6.07, 6.45) is -2.28. The summed E-state index contributed by atoms with van der Waals surface area (Å²) in [5.41, 5.74) is -0.121. The monoisotopic (exact) mass is 293 g/mol. The molecule has 0 spiro atoms. The summed E-state index contributed by atoms with van der Waals surface area (Å²) in [4.78, 5) is 21.6. The van der Waals surface area contributed by atoms with Gasteiger partial charge in [-0.05, 0) is 19.1 Å². The Morgan fingerprint density at radius 3 is 2.57 bits per heavy atom. The molecule has 1 atom stereocenters. The number of fused-ring (bicyclic) bond motifs is 1. The van der Waals surface area contributed by atoms with Gasteiger partial charge in [-0.3, -0.25) is 10.1 Å². The van der Waals surface area contributed by atoms with Gasteiger partial charge in [-0.2, -0.15) is 4.39 Å². The van der Waals surface area contributed by atoms with Crippen molar-refractivity contribution < 1.29 is 23.6 Å². The van der Waals surface area contributed by atoms with Gasteiger partial charge in [0.2, 0.25) is 0 Å². The normalized spacial score (nSPS) is 11.9. The molecule has 0 saturated carbocycles. The van der Waals surface area contributed by atoms with Crippen LogP contribution in [0.1, 0.15) is 6.92 Å². The van der Waals surface area contributed by atoms with Crippen molar-refractivity contribution in [3.63, 3.8) is 0 Å². The molecule has 110 valence electrons. The number of benzene rings is 2. The highest BCUT2D eigenvalue weighted by Crippen LogP contribution is 2.33. The van der Waals surface area contributed by atoms with Crippen LogP contribution >= 0.6 is 0 Å². The number of hydrogen-bond acceptors (Lipinski definition) is 5. The fraction of sp³-hybridized carbons (Fsp3) is 0.214. The summed E-state index contributed by atoms with van der Waals surface area (Å²) in [6, 6.07) is 8.79. The summed E-state index contributed by atoms with van der Waals surface area (Å²) >= 11 is 0. The number of rotatable bonds is 5. The summed E-state index contributed by atoms with van der Waals surface area (Å²) < 4.78 is 23.0. The van der Waals surface area contributed by atoms with Crippen LogP contribution in [0.5, 0.6) is 5.75 Å². The number of carbonyl (C=O) groups is 1. The Morgan fingerprint density at radius 2 is 1.95 bits per heavy atom. The zero-order valence-corrected chi connectivity index (χ0v) is 11.1. The molecule has 0 aliphatic rings. The van der Waals surface area contributed by atoms with Crippen molar-refractivity contribution in [2.24, 2.45) is 0 Å². The first-order chi connectivity index (χ1) is 10.0. The van der Waals surface area contributed by atoms with E-state index in [1.807, 2.05) is 0 Å². The number of nitrogens with zero attached hydrogens (tertiary/aromatic N) is 1. The number of esters is 1. The Morgan fingerprint density at radius 1 is 1.29 bits per heavy atom. The lowest BCUT2D eigenvalue weighted by Crippen LogP contribution is -2.24. The fourth-order valence-electron chi connectivity index (χ4n) is 1.88. The third-order valence-electron chi connectivity index (χ3n) is 2.76. The maximum absolute atomic E-state index is 13.6. The fourth-order valence-corrected chi connectivity index (χ4v) is 1.88. The van der Waals surface area contributed by atoms with Gasteiger partial charge in [0.25, 0.3) is 5.69 Å². The molecule has 0 N–H and O–H groups in total. The topological polar surface area (TPSA) is 78.7 Å². The molecule has 0 aromatic heterocycles. The van der Waals surface area contributed by atoms with E-state index in [9.17, 15) is 19.3 Å². The van der Waals surface area contributed by atoms with E-state index >= 15 is 0 Å². The van der Waals surface area contributed by atoms with E-state index < -0.39 is 17.3 Å². The molecule has 1 unspecified atom stereocenters. The first-order valence-electron chi connectivity index (χ1n) is 6.18. The third-order valence-corrected chi connectivity index (χ3v) is 2.76. The van der Waals surface area contributed by atoms with Crippen LogP contribution < -0.4 is 4.74 Å². The van der Waals surface area contributed by atoms with Gasteiger partial charge in [0.15, 0.2) is 0 Å². The predicted molar refractivity (Wildman–Crippen MR) is 72.8 cm³/mol. The van der Waals surface area contributed by atoms with Crippen LogP contribution in [0.15, 0.2) is 36.4 Å². The molecule has 0 aliphatic heterocycles. The molecule has 0 heterocycles. The number of nitro groups is 1. The van der Waals surface area contributed by atoms with Gasteiger partial charge in [0.1, 0.15) is 5.75 Å². The Bertz CT molecular complexity index is 688. The molecule has 21 heavy (non-hydrogen) atoms. The van der Waals surface area contributed by atoms with Crippen LogP contribution in [-0.2, 0) is 9.53 Å². The number of ether oxygens (including phenoxy) is 2. The molecule has 0 aliphatic carbocycles. The minimum absolute atomic E-state index is 0.0314. The van der Waals surface area contributed by atoms with Gasteiger partial charge >= 0.3 is 12.3 Å². The van der Waals surface area contributed by atoms with E-state index in [1.165, 1.54) is 18.2 Å². The van der Waals surface area contributed by atoms with E-state index in [0.717, 1.165) is 0 Å². The van der Waals surface area contributed by atoms with Gasteiger partial charge in [-0.1, -0.05) is 18.2 Å². The van der Waals surface area contributed by atoms with E-state index in [1.54, 1.807) is 25.1 Å². The number of halogens is 1. The minimum atomic E-state index is -2.28. The van der Waals surface area contributed by atoms with Gasteiger partial charge in [-0.15, -0.1) is 0 Å². The Hall–Kier alpha value is -2.70. The lowest BCUT2D eigenvalue weighted by molar-refractivity contribution is -0.383. The molecule has 2 aromatic carbocycles. The summed E-state index contributed by atoms with van der Waals surface area (Å²) in [5, 5.41) is 11.6. The Kier molecular flexibility index (Phi) is 4.32. The first-order valence-corrected chi connectivity index (χ1v) is 6.18. The van der Waals surface area contributed by atoms with Gasteiger partial charge in [0.05, 0.1) is 16.9 Å². The second-order valence-electron chi connectivity index (χ2n) is 4.07. The smallest absolute Gasteiger partial charge is 0.381 e. The highest BCUT2D eigenvalue weighted by atomic mass is 19.1. The van der Waals surface area contributed by atoms with Crippen molar-refractivity contribution in [1.82, 2.24) is 0 Å². The number of nitro benzene ring substituents is 1. The van der Waals surface area contributed by atoms with Crippen LogP contribution in [0.3, 0.4) is 0 Å². The number of hydrogen-bond donors (Lipinski definition) is 0. The van der Waals surface area contributed by atoms with Gasteiger partial charge in [0, 0.05) is 11.5 Å². The Labute approximate surface area is 119 Å². The molecule has 0 radical (unpaired) electrons. The van der Waals surface area contributed by atoms with E-state index in [2.05, 4.69) is 4.74 Å². The quantitative estimate of drug-likeness (QED) is 0.481. The van der Waals surface area contributed by atoms with Crippen molar-refractivity contribution in [3.8, 4) is 5.75 Å². The molecule has 0 bridgehead atoms. The molecule has 2 rings (SSSR count). The number of carbonyl (C=O) groups excluding carboxylic acids is 1. The molecule has 0 saturated heterocycles. The number of non-ortho nitro benzene ring substituents is 1. The summed E-state index contributed by atoms with van der Waals surface area (Å²) in [7, 11) is 0. The highest BCUT2D eigenvalue weighted by molar-refractivity contribution is 5.95. The number of alkyl halides is 1. The second kappa shape index (κ2) is 6.17. The first kappa shape index (κ1) is 14.7. The lowest BCUT2D eigenvalue weighted by atomic mass is 10.1. The molecule has 7 heteroatoms. The maximum Gasteiger partial charge on any atom is 0.381 e. The second-order valence-corrected chi connectivity index (χ2v) is 4.07. The van der Waals surface area contributed by atoms with Gasteiger partial charge < -0.3 is 9.47 Å². The van der Waals surface area contributed by atoms with E-state index in [0.29, 0.717) is 10.8 Å². The molecular weight excluding hydrogens is 281 g/mol. The van der Waals surface area contributed by atoms with Crippen molar-refractivity contribution in [1.29, 1.82) is 0 Å². The zero-order valence-electron chi connectivity index (χ0n) is 11.1. The van der Waals surface area contributed by atoms with Crippen molar-refractivity contribution in [3.05, 3.63) is 46.5 Å². The highest BCUT2D eigenvalue weighted by Gasteiger charge is 2.23. The maximum atomic E-state index is 13.6. The predicted octanol–water partition coefficient (Wildman–Crippen LogP) is 2.99. The zero-order chi connectivity index (χ0) is 15.4.